The maximum atomic E-state index is 2.35. The summed E-state index contributed by atoms with van der Waals surface area (Å²) < 4.78 is 1.22. The quantitative estimate of drug-likeness (QED) is 0.518. The molecule has 0 saturated heterocycles. The van der Waals surface area contributed by atoms with E-state index in [0.717, 1.165) is 0 Å². The van der Waals surface area contributed by atoms with Gasteiger partial charge in [-0.3, -0.25) is 0 Å². The minimum Gasteiger partial charge on any atom is -0.147 e. The van der Waals surface area contributed by atoms with E-state index in [-0.39, 0.29) is 31.6 Å². The first-order chi connectivity index (χ1) is 3.71. The van der Waals surface area contributed by atoms with Crippen molar-refractivity contribution in [3.05, 3.63) is 0 Å². The molecule has 0 bridgehead atoms. The van der Waals surface area contributed by atoms with Crippen LogP contribution in [0.15, 0.2) is 0 Å². The zero-order valence-electron chi connectivity index (χ0n) is 7.91. The average molecular weight is 199 g/mol. The minimum absolute atomic E-state index is 0. The number of halogens is 1. The van der Waals surface area contributed by atoms with E-state index < -0.39 is 0 Å². The number of hydrogen-bond donors (Lipinski definition) is 0. The van der Waals surface area contributed by atoms with Crippen molar-refractivity contribution in [2.75, 3.05) is 0 Å². The summed E-state index contributed by atoms with van der Waals surface area (Å²) in [6.07, 6.45) is 0. The van der Waals surface area contributed by atoms with Crippen molar-refractivity contribution < 1.29 is 19.2 Å². The van der Waals surface area contributed by atoms with Crippen LogP contribution in [-0.2, 0) is 19.2 Å². The van der Waals surface area contributed by atoms with Gasteiger partial charge in [-0.2, -0.15) is 0 Å². The Kier molecular flexibility index (Phi) is 5.62. The fourth-order valence-electron chi connectivity index (χ4n) is 1.12. The summed E-state index contributed by atoms with van der Waals surface area (Å²) in [5.74, 6) is 0. The molecule has 0 unspecified atom stereocenters. The van der Waals surface area contributed by atoms with E-state index in [4.69, 9.17) is 0 Å². The summed E-state index contributed by atoms with van der Waals surface area (Å²) in [4.78, 5) is 0. The van der Waals surface area contributed by atoms with Crippen LogP contribution in [0.1, 0.15) is 41.5 Å². The summed E-state index contributed by atoms with van der Waals surface area (Å²) in [6.45, 7) is 14.1. The van der Waals surface area contributed by atoms with Crippen LogP contribution in [0.2, 0.25) is 7.44 Å². The summed E-state index contributed by atoms with van der Waals surface area (Å²) in [7, 11) is 0. The zero-order chi connectivity index (χ0) is 7.71. The van der Waals surface area contributed by atoms with E-state index >= 15 is 0 Å². The van der Waals surface area contributed by atoms with Gasteiger partial charge in [0.05, 0.1) is 0 Å². The molecule has 0 spiro atoms. The van der Waals surface area contributed by atoms with E-state index in [1.807, 2.05) is 0 Å². The normalized spacial score (nSPS) is 12.2. The second-order valence-corrected chi connectivity index (χ2v) is 9.70. The molecule has 0 heterocycles. The van der Waals surface area contributed by atoms with Gasteiger partial charge in [0.15, 0.2) is 0 Å². The number of hydrogen-bond acceptors (Lipinski definition) is 0. The van der Waals surface area contributed by atoms with E-state index in [9.17, 15) is 0 Å². The molecule has 0 nitrogen and oxygen atoms in total. The molecule has 0 aromatic rings. The van der Waals surface area contributed by atoms with E-state index in [2.05, 4.69) is 41.5 Å². The predicted octanol–water partition coefficient (Wildman–Crippen LogP) is 3.93. The van der Waals surface area contributed by atoms with Crippen LogP contribution in [0, 0.1) is 0 Å². The van der Waals surface area contributed by atoms with Crippen LogP contribution in [0.25, 0.3) is 0 Å². The smallest absolute Gasteiger partial charge is 0.147 e. The summed E-state index contributed by atoms with van der Waals surface area (Å²) >= 11 is 0.208. The fraction of sp³-hybridized carbons (Fsp3) is 1.00. The van der Waals surface area contributed by atoms with Gasteiger partial charge >= 0.3 is 68.1 Å². The monoisotopic (exact) mass is 198 g/mol. The van der Waals surface area contributed by atoms with Gasteiger partial charge in [-0.25, -0.2) is 0 Å². The van der Waals surface area contributed by atoms with Crippen LogP contribution < -0.4 is 0 Å². The van der Waals surface area contributed by atoms with Crippen molar-refractivity contribution in [1.82, 2.24) is 0 Å². The Labute approximate surface area is 80.5 Å². The molecular formula is C8H19ClTi. The second kappa shape index (κ2) is 4.14. The van der Waals surface area contributed by atoms with Crippen LogP contribution in [-0.4, -0.2) is 0 Å². The van der Waals surface area contributed by atoms with Crippen molar-refractivity contribution in [2.24, 2.45) is 0 Å². The minimum atomic E-state index is 0. The van der Waals surface area contributed by atoms with Gasteiger partial charge in [0, 0.05) is 0 Å². The standard InChI is InChI=1S/2C4H9.ClH.Ti/c2*1-4(2)3;;/h2*1-3H3;1H;. The van der Waals surface area contributed by atoms with Gasteiger partial charge in [-0.05, 0) is 0 Å². The first-order valence-corrected chi connectivity index (χ1v) is 5.06. The van der Waals surface area contributed by atoms with Crippen molar-refractivity contribution in [3.8, 4) is 0 Å². The van der Waals surface area contributed by atoms with Crippen LogP contribution in [0.5, 0.6) is 0 Å². The summed E-state index contributed by atoms with van der Waals surface area (Å²) in [5, 5.41) is 0. The van der Waals surface area contributed by atoms with Crippen molar-refractivity contribution in [2.45, 2.75) is 49.0 Å². The Morgan fingerprint density at radius 3 is 0.900 bits per heavy atom. The van der Waals surface area contributed by atoms with Crippen LogP contribution in [0.3, 0.4) is 0 Å². The Morgan fingerprint density at radius 1 is 0.700 bits per heavy atom. The van der Waals surface area contributed by atoms with Crippen molar-refractivity contribution in [1.29, 1.82) is 0 Å². The molecule has 0 aromatic carbocycles. The van der Waals surface area contributed by atoms with Crippen molar-refractivity contribution >= 4 is 12.4 Å². The molecule has 0 aromatic heterocycles. The fourth-order valence-corrected chi connectivity index (χ4v) is 4.64. The maximum absolute atomic E-state index is 2.35. The van der Waals surface area contributed by atoms with E-state index in [1.165, 1.54) is 0 Å². The third-order valence-electron chi connectivity index (χ3n) is 0.750. The molecule has 0 aliphatic heterocycles. The molecule has 2 heteroatoms. The molecule has 0 radical (unpaired) electrons. The van der Waals surface area contributed by atoms with Gasteiger partial charge in [0.1, 0.15) is 0 Å². The Bertz CT molecular complexity index is 74.4. The van der Waals surface area contributed by atoms with E-state index in [1.54, 1.807) is 0 Å². The zero-order valence-corrected chi connectivity index (χ0v) is 10.3. The molecule has 62 valence electrons. The molecule has 0 atom stereocenters. The first-order valence-electron chi connectivity index (χ1n) is 3.50. The molecular weight excluding hydrogens is 179 g/mol. The molecule has 0 saturated carbocycles. The summed E-state index contributed by atoms with van der Waals surface area (Å²) in [6, 6.07) is 0. The Morgan fingerprint density at radius 2 is 0.900 bits per heavy atom. The van der Waals surface area contributed by atoms with Crippen LogP contribution >= 0.6 is 12.4 Å². The van der Waals surface area contributed by atoms with Gasteiger partial charge in [-0.15, -0.1) is 12.4 Å². The predicted molar refractivity (Wildman–Crippen MR) is 46.7 cm³/mol. The largest absolute Gasteiger partial charge is 0.147 e. The average Bonchev–Trinajstić information content (AvgIpc) is 1.14. The molecule has 10 heavy (non-hydrogen) atoms. The molecule has 0 aliphatic carbocycles. The van der Waals surface area contributed by atoms with Crippen molar-refractivity contribution in [3.63, 3.8) is 0 Å². The van der Waals surface area contributed by atoms with E-state index in [0.29, 0.717) is 7.44 Å². The van der Waals surface area contributed by atoms with Gasteiger partial charge in [-0.1, -0.05) is 0 Å². The SMILES string of the molecule is C[C](C)(C)[Ti][C](C)(C)C.Cl. The molecule has 0 fully saturated rings. The Hall–Kier alpha value is 1.00. The molecule has 0 N–H and O–H groups in total. The van der Waals surface area contributed by atoms with Gasteiger partial charge in [0.25, 0.3) is 0 Å². The summed E-state index contributed by atoms with van der Waals surface area (Å²) in [5.41, 5.74) is 0. The molecule has 0 aliphatic rings. The van der Waals surface area contributed by atoms with Gasteiger partial charge in [0.2, 0.25) is 0 Å². The second-order valence-electron chi connectivity index (χ2n) is 4.62. The third-order valence-corrected chi connectivity index (χ3v) is 3.09. The maximum Gasteiger partial charge on any atom is -0.147 e. The topological polar surface area (TPSA) is 0 Å². The third kappa shape index (κ3) is 11.8. The first kappa shape index (κ1) is 13.6. The van der Waals surface area contributed by atoms with Crippen LogP contribution in [0.4, 0.5) is 0 Å². The molecule has 0 amide bonds. The molecule has 0 rings (SSSR count). The number of rotatable bonds is 0. The van der Waals surface area contributed by atoms with Gasteiger partial charge < -0.3 is 0 Å². The Balaban J connectivity index is 0.